The van der Waals surface area contributed by atoms with Crippen molar-refractivity contribution in [1.29, 1.82) is 0 Å². The predicted octanol–water partition coefficient (Wildman–Crippen LogP) is 1.66. The van der Waals surface area contributed by atoms with Gasteiger partial charge in [0.25, 0.3) is 0 Å². The Morgan fingerprint density at radius 3 is 2.65 bits per heavy atom. The molecule has 0 atom stereocenters. The van der Waals surface area contributed by atoms with Crippen LogP contribution in [0.25, 0.3) is 0 Å². The van der Waals surface area contributed by atoms with Gasteiger partial charge in [-0.05, 0) is 49.5 Å². The van der Waals surface area contributed by atoms with Crippen LogP contribution < -0.4 is 0 Å². The Morgan fingerprint density at radius 1 is 1.35 bits per heavy atom. The second-order valence-corrected chi connectivity index (χ2v) is 4.54. The molecular weight excluding hydrogens is 218 g/mol. The third kappa shape index (κ3) is 3.20. The number of nitrogens with zero attached hydrogens (tertiary/aromatic N) is 1. The Kier molecular flexibility index (Phi) is 3.64. The second-order valence-electron chi connectivity index (χ2n) is 4.54. The smallest absolute Gasteiger partial charge is 0.317 e. The number of rotatable bonds is 3. The third-order valence-electron chi connectivity index (χ3n) is 3.29. The van der Waals surface area contributed by atoms with Crippen molar-refractivity contribution in [2.24, 2.45) is 0 Å². The van der Waals surface area contributed by atoms with E-state index in [1.807, 2.05) is 17.0 Å². The Bertz CT molecular complexity index is 397. The fourth-order valence-corrected chi connectivity index (χ4v) is 2.39. The van der Waals surface area contributed by atoms with Crippen LogP contribution in [0, 0.1) is 0 Å². The number of piperidine rings is 1. The number of carboxylic acid groups (broad SMARTS) is 1. The number of hydrogen-bond donors (Lipinski definition) is 2. The molecule has 0 bridgehead atoms. The number of phenolic OH excluding ortho intramolecular Hbond substituents is 1. The summed E-state index contributed by atoms with van der Waals surface area (Å²) in [6.45, 7) is 1.76. The molecule has 4 nitrogen and oxygen atoms in total. The molecule has 2 N–H and O–H groups in total. The first kappa shape index (κ1) is 11.9. The fourth-order valence-electron chi connectivity index (χ4n) is 2.39. The molecule has 0 radical (unpaired) electrons. The van der Waals surface area contributed by atoms with E-state index in [0.717, 1.165) is 31.5 Å². The van der Waals surface area contributed by atoms with Crippen LogP contribution in [0.2, 0.25) is 0 Å². The summed E-state index contributed by atoms with van der Waals surface area (Å²) in [5.41, 5.74) is 1.15. The van der Waals surface area contributed by atoms with Crippen LogP contribution in [0.3, 0.4) is 0 Å². The number of phenols is 1. The van der Waals surface area contributed by atoms with Gasteiger partial charge in [0.15, 0.2) is 0 Å². The number of hydrogen-bond acceptors (Lipinski definition) is 3. The van der Waals surface area contributed by atoms with E-state index >= 15 is 0 Å². The lowest BCUT2D eigenvalue weighted by Gasteiger charge is -2.31. The van der Waals surface area contributed by atoms with Crippen molar-refractivity contribution in [3.63, 3.8) is 0 Å². The van der Waals surface area contributed by atoms with Crippen molar-refractivity contribution in [2.45, 2.75) is 18.8 Å². The van der Waals surface area contributed by atoms with Crippen LogP contribution >= 0.6 is 0 Å². The Hall–Kier alpha value is -1.55. The summed E-state index contributed by atoms with van der Waals surface area (Å²) < 4.78 is 0. The number of carbonyl (C=O) groups is 1. The van der Waals surface area contributed by atoms with Crippen LogP contribution in [-0.4, -0.2) is 40.7 Å². The van der Waals surface area contributed by atoms with E-state index in [-0.39, 0.29) is 6.54 Å². The minimum Gasteiger partial charge on any atom is -0.508 e. The first-order chi connectivity index (χ1) is 8.15. The molecule has 0 unspecified atom stereocenters. The lowest BCUT2D eigenvalue weighted by atomic mass is 9.89. The van der Waals surface area contributed by atoms with Crippen molar-refractivity contribution >= 4 is 5.97 Å². The van der Waals surface area contributed by atoms with Gasteiger partial charge in [-0.1, -0.05) is 12.1 Å². The zero-order valence-electron chi connectivity index (χ0n) is 9.67. The first-order valence-corrected chi connectivity index (χ1v) is 5.88. The van der Waals surface area contributed by atoms with E-state index in [4.69, 9.17) is 5.11 Å². The maximum atomic E-state index is 10.6. The minimum atomic E-state index is -0.763. The molecule has 2 rings (SSSR count). The number of benzene rings is 1. The number of likely N-dealkylation sites (tertiary alicyclic amines) is 1. The Labute approximate surface area is 100 Å². The summed E-state index contributed by atoms with van der Waals surface area (Å²) in [6.07, 6.45) is 1.91. The van der Waals surface area contributed by atoms with E-state index in [0.29, 0.717) is 11.7 Å². The van der Waals surface area contributed by atoms with Gasteiger partial charge >= 0.3 is 5.97 Å². The predicted molar refractivity (Wildman–Crippen MR) is 64.2 cm³/mol. The average molecular weight is 235 g/mol. The van der Waals surface area contributed by atoms with Gasteiger partial charge in [0.05, 0.1) is 6.54 Å². The summed E-state index contributed by atoms with van der Waals surface area (Å²) in [5, 5.41) is 18.1. The molecule has 1 aromatic carbocycles. The SMILES string of the molecule is O=C(O)CN1CCC(c2cccc(O)c2)CC1. The Morgan fingerprint density at radius 2 is 2.06 bits per heavy atom. The standard InChI is InChI=1S/C13H17NO3/c15-12-3-1-2-11(8-12)10-4-6-14(7-5-10)9-13(16)17/h1-3,8,10,15H,4-7,9H2,(H,16,17). The zero-order chi connectivity index (χ0) is 12.3. The van der Waals surface area contributed by atoms with Gasteiger partial charge in [-0.2, -0.15) is 0 Å². The minimum absolute atomic E-state index is 0.132. The highest BCUT2D eigenvalue weighted by Gasteiger charge is 2.21. The van der Waals surface area contributed by atoms with E-state index in [1.165, 1.54) is 0 Å². The van der Waals surface area contributed by atoms with Crippen molar-refractivity contribution in [2.75, 3.05) is 19.6 Å². The molecule has 1 aliphatic heterocycles. The van der Waals surface area contributed by atoms with Crippen molar-refractivity contribution < 1.29 is 15.0 Å². The van der Waals surface area contributed by atoms with Crippen LogP contribution in [0.5, 0.6) is 5.75 Å². The Balaban J connectivity index is 1.93. The van der Waals surface area contributed by atoms with Crippen LogP contribution in [0.4, 0.5) is 0 Å². The maximum absolute atomic E-state index is 10.6. The van der Waals surface area contributed by atoms with Gasteiger partial charge in [0.2, 0.25) is 0 Å². The summed E-state index contributed by atoms with van der Waals surface area (Å²) >= 11 is 0. The summed E-state index contributed by atoms with van der Waals surface area (Å²) in [6, 6.07) is 7.35. The monoisotopic (exact) mass is 235 g/mol. The molecule has 92 valence electrons. The molecule has 0 amide bonds. The van der Waals surface area contributed by atoms with Gasteiger partial charge < -0.3 is 10.2 Å². The molecule has 17 heavy (non-hydrogen) atoms. The lowest BCUT2D eigenvalue weighted by Crippen LogP contribution is -2.36. The van der Waals surface area contributed by atoms with Gasteiger partial charge in [0, 0.05) is 0 Å². The first-order valence-electron chi connectivity index (χ1n) is 5.88. The fraction of sp³-hybridized carbons (Fsp3) is 0.462. The summed E-state index contributed by atoms with van der Waals surface area (Å²) in [5.74, 6) is -0.0246. The molecular formula is C13H17NO3. The molecule has 0 spiro atoms. The molecule has 1 saturated heterocycles. The van der Waals surface area contributed by atoms with E-state index < -0.39 is 5.97 Å². The van der Waals surface area contributed by atoms with Crippen molar-refractivity contribution in [3.05, 3.63) is 29.8 Å². The molecule has 4 heteroatoms. The molecule has 0 aliphatic carbocycles. The van der Waals surface area contributed by atoms with Gasteiger partial charge in [-0.25, -0.2) is 0 Å². The summed E-state index contributed by atoms with van der Waals surface area (Å²) in [4.78, 5) is 12.5. The van der Waals surface area contributed by atoms with Gasteiger partial charge in [0.1, 0.15) is 5.75 Å². The zero-order valence-corrected chi connectivity index (χ0v) is 9.67. The van der Waals surface area contributed by atoms with Crippen LogP contribution in [0.1, 0.15) is 24.3 Å². The topological polar surface area (TPSA) is 60.8 Å². The molecule has 0 saturated carbocycles. The highest BCUT2D eigenvalue weighted by atomic mass is 16.4. The highest BCUT2D eigenvalue weighted by Crippen LogP contribution is 2.29. The molecule has 0 aromatic heterocycles. The average Bonchev–Trinajstić information content (AvgIpc) is 2.29. The molecule has 1 heterocycles. The number of carboxylic acids is 1. The highest BCUT2D eigenvalue weighted by molar-refractivity contribution is 5.69. The van der Waals surface area contributed by atoms with Gasteiger partial charge in [-0.15, -0.1) is 0 Å². The number of aliphatic carboxylic acids is 1. The molecule has 1 aliphatic rings. The quantitative estimate of drug-likeness (QED) is 0.836. The van der Waals surface area contributed by atoms with Crippen LogP contribution in [0.15, 0.2) is 24.3 Å². The lowest BCUT2D eigenvalue weighted by molar-refractivity contribution is -0.138. The second kappa shape index (κ2) is 5.19. The van der Waals surface area contributed by atoms with Crippen LogP contribution in [-0.2, 0) is 4.79 Å². The van der Waals surface area contributed by atoms with Crippen molar-refractivity contribution in [1.82, 2.24) is 4.90 Å². The molecule has 1 fully saturated rings. The largest absolute Gasteiger partial charge is 0.508 e. The van der Waals surface area contributed by atoms with E-state index in [9.17, 15) is 9.90 Å². The number of aromatic hydroxyl groups is 1. The maximum Gasteiger partial charge on any atom is 0.317 e. The van der Waals surface area contributed by atoms with E-state index in [2.05, 4.69) is 0 Å². The molecule has 1 aromatic rings. The van der Waals surface area contributed by atoms with Crippen molar-refractivity contribution in [3.8, 4) is 5.75 Å². The van der Waals surface area contributed by atoms with E-state index in [1.54, 1.807) is 12.1 Å². The summed E-state index contributed by atoms with van der Waals surface area (Å²) in [7, 11) is 0. The van der Waals surface area contributed by atoms with Gasteiger partial charge in [-0.3, -0.25) is 9.69 Å². The normalized spacial score (nSPS) is 18.1. The third-order valence-corrected chi connectivity index (χ3v) is 3.29.